The number of nitrogens with zero attached hydrogens (tertiary/aromatic N) is 3. The summed E-state index contributed by atoms with van der Waals surface area (Å²) in [6.07, 6.45) is -3.68. The van der Waals surface area contributed by atoms with E-state index in [1.54, 1.807) is 19.9 Å². The zero-order valence-corrected chi connectivity index (χ0v) is 18.5. The first kappa shape index (κ1) is 24.4. The molecule has 182 valence electrons. The van der Waals surface area contributed by atoms with Crippen LogP contribution in [0, 0.1) is 5.92 Å². The van der Waals surface area contributed by atoms with Crippen molar-refractivity contribution in [1.29, 1.82) is 0 Å². The lowest BCUT2D eigenvalue weighted by Gasteiger charge is -2.14. The van der Waals surface area contributed by atoms with Gasteiger partial charge in [0.25, 0.3) is 12.3 Å². The fourth-order valence-electron chi connectivity index (χ4n) is 3.62. The molecule has 1 aliphatic rings. The van der Waals surface area contributed by atoms with Gasteiger partial charge in [-0.1, -0.05) is 0 Å². The molecule has 3 N–H and O–H groups in total. The predicted octanol–water partition coefficient (Wildman–Crippen LogP) is 3.01. The highest BCUT2D eigenvalue weighted by atomic mass is 19.3. The van der Waals surface area contributed by atoms with Gasteiger partial charge in [0.2, 0.25) is 5.88 Å². The third kappa shape index (κ3) is 6.62. The number of ether oxygens (including phenoxy) is 2. The molecule has 0 saturated heterocycles. The molecule has 10 nitrogen and oxygen atoms in total. The van der Waals surface area contributed by atoms with Crippen LogP contribution in [0.2, 0.25) is 0 Å². The van der Waals surface area contributed by atoms with Gasteiger partial charge in [-0.25, -0.2) is 18.0 Å². The molecule has 2 aromatic heterocycles. The van der Waals surface area contributed by atoms with Gasteiger partial charge in [-0.15, -0.1) is 5.10 Å². The molecule has 3 atom stereocenters. The fraction of sp³-hybridized carbons (Fsp3) is 0.600. The second kappa shape index (κ2) is 10.6. The molecule has 0 aliphatic heterocycles. The molecule has 33 heavy (non-hydrogen) atoms. The summed E-state index contributed by atoms with van der Waals surface area (Å²) >= 11 is 0. The lowest BCUT2D eigenvalue weighted by Crippen LogP contribution is -2.32. The lowest BCUT2D eigenvalue weighted by molar-refractivity contribution is 0.0792. The zero-order chi connectivity index (χ0) is 24.1. The van der Waals surface area contributed by atoms with Crippen LogP contribution in [0.4, 0.5) is 23.8 Å². The van der Waals surface area contributed by atoms with E-state index in [2.05, 4.69) is 25.9 Å². The summed E-state index contributed by atoms with van der Waals surface area (Å²) in [6.45, 7) is 2.75. The van der Waals surface area contributed by atoms with Gasteiger partial charge in [-0.05, 0) is 26.7 Å². The number of hydrogen-bond acceptors (Lipinski definition) is 6. The topological polar surface area (TPSA) is 123 Å². The van der Waals surface area contributed by atoms with Gasteiger partial charge < -0.3 is 20.1 Å². The summed E-state index contributed by atoms with van der Waals surface area (Å²) in [4.78, 5) is 24.1. The minimum absolute atomic E-state index is 0.0234. The number of alkyl halides is 3. The Labute approximate surface area is 188 Å². The molecule has 0 aromatic carbocycles. The van der Waals surface area contributed by atoms with Crippen LogP contribution in [0.15, 0.2) is 12.1 Å². The molecule has 2 amide bonds. The maximum absolute atomic E-state index is 14.5. The Bertz CT molecular complexity index is 964. The standard InChI is InChI=1S/C20H27F3N6O4/c1-10(2)24-20(31)33-8-12-4-11(5-13(12)21)14-6-17(27-26-14)25-19(30)15-7-18(28-29(15)3)32-9-16(22)23/h6-7,10-13,16H,4-5,8-9H2,1-3H3,(H,24,31)(H2,25,26,27,30)/t11-,12-,13-/m1/s1. The molecular formula is C20H27F3N6O4. The van der Waals surface area contributed by atoms with Crippen LogP contribution in [0.1, 0.15) is 48.8 Å². The molecule has 0 spiro atoms. The number of anilines is 1. The van der Waals surface area contributed by atoms with E-state index >= 15 is 0 Å². The van der Waals surface area contributed by atoms with Gasteiger partial charge in [0.05, 0.1) is 6.61 Å². The summed E-state index contributed by atoms with van der Waals surface area (Å²) < 4.78 is 50.1. The van der Waals surface area contributed by atoms with Crippen molar-refractivity contribution >= 4 is 17.8 Å². The fourth-order valence-corrected chi connectivity index (χ4v) is 3.62. The number of aromatic nitrogens is 4. The second-order valence-corrected chi connectivity index (χ2v) is 8.20. The Kier molecular flexibility index (Phi) is 7.82. The molecule has 1 aliphatic carbocycles. The Morgan fingerprint density at radius 1 is 1.30 bits per heavy atom. The first-order valence-corrected chi connectivity index (χ1v) is 10.5. The molecule has 1 saturated carbocycles. The van der Waals surface area contributed by atoms with Gasteiger partial charge in [0.1, 0.15) is 11.9 Å². The van der Waals surface area contributed by atoms with Crippen molar-refractivity contribution < 1.29 is 32.2 Å². The zero-order valence-electron chi connectivity index (χ0n) is 18.5. The molecule has 3 rings (SSSR count). The Balaban J connectivity index is 1.55. The second-order valence-electron chi connectivity index (χ2n) is 8.20. The number of amides is 2. The van der Waals surface area contributed by atoms with E-state index in [0.29, 0.717) is 12.1 Å². The van der Waals surface area contributed by atoms with Crippen LogP contribution in [-0.2, 0) is 11.8 Å². The van der Waals surface area contributed by atoms with Gasteiger partial charge in [-0.3, -0.25) is 14.6 Å². The molecular weight excluding hydrogens is 445 g/mol. The number of alkyl carbamates (subject to hydrolysis) is 1. The number of aryl methyl sites for hydroxylation is 1. The van der Waals surface area contributed by atoms with Gasteiger partial charge in [-0.2, -0.15) is 5.10 Å². The van der Waals surface area contributed by atoms with Crippen molar-refractivity contribution in [1.82, 2.24) is 25.3 Å². The van der Waals surface area contributed by atoms with Crippen LogP contribution >= 0.6 is 0 Å². The Morgan fingerprint density at radius 3 is 2.76 bits per heavy atom. The average molecular weight is 472 g/mol. The van der Waals surface area contributed by atoms with Crippen LogP contribution in [0.5, 0.6) is 5.88 Å². The minimum atomic E-state index is -2.66. The number of halogens is 3. The Hall–Kier alpha value is -3.25. The number of hydrogen-bond donors (Lipinski definition) is 3. The minimum Gasteiger partial charge on any atom is -0.471 e. The van der Waals surface area contributed by atoms with Crippen LogP contribution in [-0.4, -0.2) is 63.8 Å². The monoisotopic (exact) mass is 472 g/mol. The first-order valence-electron chi connectivity index (χ1n) is 10.5. The van der Waals surface area contributed by atoms with E-state index in [0.717, 1.165) is 0 Å². The third-order valence-electron chi connectivity index (χ3n) is 5.17. The maximum atomic E-state index is 14.5. The number of nitrogens with one attached hydrogen (secondary N) is 3. The highest BCUT2D eigenvalue weighted by Gasteiger charge is 2.37. The van der Waals surface area contributed by atoms with E-state index < -0.39 is 37.1 Å². The lowest BCUT2D eigenvalue weighted by atomic mass is 10.0. The molecule has 1 fully saturated rings. The number of aromatic amines is 1. The van der Waals surface area contributed by atoms with Crippen molar-refractivity contribution in [2.75, 3.05) is 18.5 Å². The average Bonchev–Trinajstić information content (AvgIpc) is 3.43. The van der Waals surface area contributed by atoms with Crippen molar-refractivity contribution in [3.05, 3.63) is 23.5 Å². The smallest absolute Gasteiger partial charge is 0.407 e. The Morgan fingerprint density at radius 2 is 2.06 bits per heavy atom. The van der Waals surface area contributed by atoms with Crippen molar-refractivity contribution in [2.45, 2.75) is 51.2 Å². The van der Waals surface area contributed by atoms with Crippen molar-refractivity contribution in [3.8, 4) is 5.88 Å². The van der Waals surface area contributed by atoms with Crippen LogP contribution in [0.25, 0.3) is 0 Å². The number of carbonyl (C=O) groups is 2. The quantitative estimate of drug-likeness (QED) is 0.516. The highest BCUT2D eigenvalue weighted by Crippen LogP contribution is 2.40. The van der Waals surface area contributed by atoms with Crippen LogP contribution in [0.3, 0.4) is 0 Å². The molecule has 2 aromatic rings. The van der Waals surface area contributed by atoms with Gasteiger partial charge >= 0.3 is 6.09 Å². The summed E-state index contributed by atoms with van der Waals surface area (Å²) in [5, 5.41) is 15.9. The van der Waals surface area contributed by atoms with Crippen molar-refractivity contribution in [3.63, 3.8) is 0 Å². The SMILES string of the molecule is CC(C)NC(=O)OC[C@H]1C[C@@H](c2cc(NC(=O)c3cc(OCC(F)F)nn3C)n[nH]2)C[C@H]1F. The maximum Gasteiger partial charge on any atom is 0.407 e. The van der Waals surface area contributed by atoms with Gasteiger partial charge in [0.15, 0.2) is 12.4 Å². The summed E-state index contributed by atoms with van der Waals surface area (Å²) in [5.74, 6) is -1.05. The van der Waals surface area contributed by atoms with E-state index in [-0.39, 0.29) is 42.4 Å². The van der Waals surface area contributed by atoms with Crippen molar-refractivity contribution in [2.24, 2.45) is 13.0 Å². The molecule has 2 heterocycles. The molecule has 0 bridgehead atoms. The number of rotatable bonds is 9. The third-order valence-corrected chi connectivity index (χ3v) is 5.17. The molecule has 0 unspecified atom stereocenters. The van der Waals surface area contributed by atoms with E-state index in [1.807, 2.05) is 0 Å². The van der Waals surface area contributed by atoms with E-state index in [4.69, 9.17) is 9.47 Å². The normalized spacial score (nSPS) is 20.3. The molecule has 0 radical (unpaired) electrons. The predicted molar refractivity (Wildman–Crippen MR) is 111 cm³/mol. The summed E-state index contributed by atoms with van der Waals surface area (Å²) in [5.41, 5.74) is 0.735. The van der Waals surface area contributed by atoms with E-state index in [1.165, 1.54) is 17.8 Å². The largest absolute Gasteiger partial charge is 0.471 e. The summed E-state index contributed by atoms with van der Waals surface area (Å²) in [6, 6.07) is 2.78. The molecule has 13 heteroatoms. The summed E-state index contributed by atoms with van der Waals surface area (Å²) in [7, 11) is 1.48. The highest BCUT2D eigenvalue weighted by molar-refractivity contribution is 6.02. The number of H-pyrrole nitrogens is 1. The van der Waals surface area contributed by atoms with Gasteiger partial charge in [0, 0.05) is 42.8 Å². The van der Waals surface area contributed by atoms with Crippen LogP contribution < -0.4 is 15.4 Å². The van der Waals surface area contributed by atoms with E-state index in [9.17, 15) is 22.8 Å². The number of carbonyl (C=O) groups excluding carboxylic acids is 2. The first-order chi connectivity index (χ1) is 15.6.